The highest BCUT2D eigenvalue weighted by Gasteiger charge is 2.24. The minimum atomic E-state index is -0.775. The molecule has 1 saturated heterocycles. The number of likely N-dealkylation sites (tertiary alicyclic amines) is 1. The van der Waals surface area contributed by atoms with E-state index in [1.54, 1.807) is 24.8 Å². The standard InChI is InChI=1S/C13H17F2NO.C13H17N5O2/c1-17-7-6-16-5-4-11(9-16)10-2-3-12(14)13(15)8-10;1-9-11(16-13(15)19)18(10-5-3-2-4-6-10)17-12(9)20-8-7-14/h2-3,8,11H,4-7,9H2,1H3;2-6H,7-8,14H2,1H3,(H3,15,16,19). The number of benzene rings is 2. The summed E-state index contributed by atoms with van der Waals surface area (Å²) in [5, 5.41) is 6.90. The molecule has 9 nitrogen and oxygen atoms in total. The number of primary amides is 1. The molecule has 1 aliphatic heterocycles. The number of amides is 2. The first kappa shape index (κ1) is 28.0. The Balaban J connectivity index is 0.000000208. The molecule has 2 heterocycles. The second kappa shape index (κ2) is 13.7. The normalized spacial score (nSPS) is 15.2. The van der Waals surface area contributed by atoms with Gasteiger partial charge in [0.1, 0.15) is 12.4 Å². The van der Waals surface area contributed by atoms with Gasteiger partial charge in [0.15, 0.2) is 11.6 Å². The van der Waals surface area contributed by atoms with Gasteiger partial charge in [0.05, 0.1) is 17.9 Å². The molecule has 3 aromatic rings. The van der Waals surface area contributed by atoms with Crippen LogP contribution in [0.15, 0.2) is 48.5 Å². The number of ether oxygens (including phenoxy) is 2. The Bertz CT molecular complexity index is 1160. The summed E-state index contributed by atoms with van der Waals surface area (Å²) in [6.07, 6.45) is 0.995. The van der Waals surface area contributed by atoms with Crippen LogP contribution in [0.1, 0.15) is 23.5 Å². The monoisotopic (exact) mass is 516 g/mol. The number of rotatable bonds is 9. The molecule has 2 aromatic carbocycles. The summed E-state index contributed by atoms with van der Waals surface area (Å²) in [5.41, 5.74) is 13.0. The molecule has 0 saturated carbocycles. The van der Waals surface area contributed by atoms with E-state index in [4.69, 9.17) is 20.9 Å². The maximum absolute atomic E-state index is 13.1. The topological polar surface area (TPSA) is 121 Å². The molecule has 2 amide bonds. The number of hydrogen-bond donors (Lipinski definition) is 3. The van der Waals surface area contributed by atoms with Gasteiger partial charge < -0.3 is 25.8 Å². The predicted octanol–water partition coefficient (Wildman–Crippen LogP) is 3.41. The first-order valence-corrected chi connectivity index (χ1v) is 12.0. The van der Waals surface area contributed by atoms with E-state index in [9.17, 15) is 13.6 Å². The number of aromatic nitrogens is 2. The van der Waals surface area contributed by atoms with E-state index >= 15 is 0 Å². The van der Waals surface area contributed by atoms with E-state index in [0.717, 1.165) is 37.3 Å². The number of nitrogens with two attached hydrogens (primary N) is 2. The van der Waals surface area contributed by atoms with Crippen LogP contribution < -0.4 is 21.5 Å². The molecular formula is C26H34F2N6O3. The molecule has 0 aliphatic carbocycles. The van der Waals surface area contributed by atoms with Crippen LogP contribution in [0, 0.1) is 18.6 Å². The van der Waals surface area contributed by atoms with Gasteiger partial charge in [0.2, 0.25) is 5.88 Å². The number of carbonyl (C=O) groups excluding carboxylic acids is 1. The average Bonchev–Trinajstić information content (AvgIpc) is 3.49. The number of methoxy groups -OCH3 is 1. The Kier molecular flexibility index (Phi) is 10.4. The molecule has 0 bridgehead atoms. The smallest absolute Gasteiger partial charge is 0.317 e. The molecule has 1 fully saturated rings. The van der Waals surface area contributed by atoms with Crippen LogP contribution in [0.2, 0.25) is 0 Å². The minimum absolute atomic E-state index is 0.307. The van der Waals surface area contributed by atoms with Gasteiger partial charge in [0, 0.05) is 26.7 Å². The molecule has 1 aromatic heterocycles. The number of anilines is 1. The van der Waals surface area contributed by atoms with Gasteiger partial charge in [-0.15, -0.1) is 5.10 Å². The Morgan fingerprint density at radius 1 is 1.16 bits per heavy atom. The Labute approximate surface area is 215 Å². The lowest BCUT2D eigenvalue weighted by molar-refractivity contribution is 0.160. The van der Waals surface area contributed by atoms with Gasteiger partial charge in [-0.3, -0.25) is 5.32 Å². The highest BCUT2D eigenvalue weighted by atomic mass is 19.2. The second-order valence-corrected chi connectivity index (χ2v) is 8.61. The number of nitrogens with zero attached hydrogens (tertiary/aromatic N) is 3. The fraction of sp³-hybridized carbons (Fsp3) is 0.385. The van der Waals surface area contributed by atoms with Gasteiger partial charge in [-0.25, -0.2) is 18.3 Å². The van der Waals surface area contributed by atoms with Crippen molar-refractivity contribution in [2.24, 2.45) is 11.5 Å². The van der Waals surface area contributed by atoms with E-state index in [2.05, 4.69) is 15.3 Å². The summed E-state index contributed by atoms with van der Waals surface area (Å²) in [6, 6.07) is 12.9. The maximum Gasteiger partial charge on any atom is 0.317 e. The third-order valence-corrected chi connectivity index (χ3v) is 5.98. The lowest BCUT2D eigenvalue weighted by atomic mass is 9.98. The summed E-state index contributed by atoms with van der Waals surface area (Å²) < 4.78 is 38.0. The Morgan fingerprint density at radius 3 is 2.57 bits per heavy atom. The summed E-state index contributed by atoms with van der Waals surface area (Å²) in [4.78, 5) is 13.4. The minimum Gasteiger partial charge on any atom is -0.475 e. The SMILES string of the molecule is COCCN1CCC(c2ccc(F)c(F)c2)C1.Cc1c(OCCN)nn(-c2ccccc2)c1NC(N)=O. The van der Waals surface area contributed by atoms with Crippen molar-refractivity contribution in [3.63, 3.8) is 0 Å². The fourth-order valence-electron chi connectivity index (χ4n) is 4.08. The first-order valence-electron chi connectivity index (χ1n) is 12.0. The van der Waals surface area contributed by atoms with Crippen LogP contribution in [0.3, 0.4) is 0 Å². The number of hydrogen-bond acceptors (Lipinski definition) is 6. The fourth-order valence-corrected chi connectivity index (χ4v) is 4.08. The molecule has 200 valence electrons. The molecule has 1 aliphatic rings. The first-order chi connectivity index (χ1) is 17.8. The maximum atomic E-state index is 13.1. The van der Waals surface area contributed by atoms with Crippen LogP contribution in [0.5, 0.6) is 5.88 Å². The van der Waals surface area contributed by atoms with Gasteiger partial charge in [-0.2, -0.15) is 0 Å². The largest absolute Gasteiger partial charge is 0.475 e. The summed E-state index contributed by atoms with van der Waals surface area (Å²) in [6.45, 7) is 6.03. The van der Waals surface area contributed by atoms with Gasteiger partial charge >= 0.3 is 6.03 Å². The zero-order valence-electron chi connectivity index (χ0n) is 21.1. The number of nitrogens with one attached hydrogen (secondary N) is 1. The van der Waals surface area contributed by atoms with Crippen molar-refractivity contribution in [3.05, 3.63) is 71.3 Å². The highest BCUT2D eigenvalue weighted by Crippen LogP contribution is 2.29. The number of halogens is 2. The molecule has 1 atom stereocenters. The zero-order chi connectivity index (χ0) is 26.8. The second-order valence-electron chi connectivity index (χ2n) is 8.61. The van der Waals surface area contributed by atoms with Crippen molar-refractivity contribution in [1.82, 2.24) is 14.7 Å². The molecule has 0 radical (unpaired) electrons. The van der Waals surface area contributed by atoms with E-state index in [-0.39, 0.29) is 0 Å². The summed E-state index contributed by atoms with van der Waals surface area (Å²) in [5.74, 6) is -0.318. The van der Waals surface area contributed by atoms with Gasteiger partial charge in [-0.05, 0) is 55.6 Å². The molecule has 1 unspecified atom stereocenters. The average molecular weight is 517 g/mol. The highest BCUT2D eigenvalue weighted by molar-refractivity contribution is 5.88. The van der Waals surface area contributed by atoms with E-state index in [0.29, 0.717) is 42.9 Å². The third kappa shape index (κ3) is 7.72. The van der Waals surface area contributed by atoms with Gasteiger partial charge in [-0.1, -0.05) is 24.3 Å². The molecule has 5 N–H and O–H groups in total. The van der Waals surface area contributed by atoms with Crippen molar-refractivity contribution in [1.29, 1.82) is 0 Å². The molecule has 37 heavy (non-hydrogen) atoms. The van der Waals surface area contributed by atoms with Crippen LogP contribution >= 0.6 is 0 Å². The van der Waals surface area contributed by atoms with Crippen molar-refractivity contribution in [2.45, 2.75) is 19.3 Å². The van der Waals surface area contributed by atoms with Crippen LogP contribution in [-0.2, 0) is 4.74 Å². The molecule has 4 rings (SSSR count). The summed E-state index contributed by atoms with van der Waals surface area (Å²) in [7, 11) is 1.68. The lowest BCUT2D eigenvalue weighted by Gasteiger charge is -2.15. The van der Waals surface area contributed by atoms with Crippen molar-refractivity contribution >= 4 is 11.8 Å². The van der Waals surface area contributed by atoms with Crippen LogP contribution in [0.25, 0.3) is 5.69 Å². The number of para-hydroxylation sites is 1. The van der Waals surface area contributed by atoms with E-state index in [1.807, 2.05) is 30.3 Å². The van der Waals surface area contributed by atoms with E-state index in [1.165, 1.54) is 12.1 Å². The third-order valence-electron chi connectivity index (χ3n) is 5.98. The number of carbonyl (C=O) groups is 1. The lowest BCUT2D eigenvalue weighted by Crippen LogP contribution is -2.24. The quantitative estimate of drug-likeness (QED) is 0.401. The van der Waals surface area contributed by atoms with Crippen molar-refractivity contribution < 1.29 is 23.0 Å². The van der Waals surface area contributed by atoms with Crippen molar-refractivity contribution in [2.75, 3.05) is 51.8 Å². The van der Waals surface area contributed by atoms with Gasteiger partial charge in [0.25, 0.3) is 0 Å². The van der Waals surface area contributed by atoms with Crippen molar-refractivity contribution in [3.8, 4) is 11.6 Å². The predicted molar refractivity (Wildman–Crippen MR) is 138 cm³/mol. The molecular weight excluding hydrogens is 482 g/mol. The number of urea groups is 1. The van der Waals surface area contributed by atoms with Crippen LogP contribution in [0.4, 0.5) is 19.4 Å². The molecule has 0 spiro atoms. The Morgan fingerprint density at radius 2 is 1.92 bits per heavy atom. The molecule has 11 heteroatoms. The zero-order valence-corrected chi connectivity index (χ0v) is 21.1. The van der Waals surface area contributed by atoms with E-state index < -0.39 is 17.7 Å². The summed E-state index contributed by atoms with van der Waals surface area (Å²) >= 11 is 0. The van der Waals surface area contributed by atoms with Crippen LogP contribution in [-0.4, -0.2) is 67.2 Å². The Hall–Kier alpha value is -3.54.